The van der Waals surface area contributed by atoms with Crippen LogP contribution in [0.4, 0.5) is 0 Å². The maximum absolute atomic E-state index is 3.88. The Kier molecular flexibility index (Phi) is 4.70. The van der Waals surface area contributed by atoms with Crippen molar-refractivity contribution >= 4 is 15.9 Å². The standard InChI is InChI=1S/C14H27Br/c1-10(2)8-11-9-12(14(3,4)5)6-7-13(11)15/h10-13H,6-9H2,1-5H3. The SMILES string of the molecule is CC(C)CC1CC(C(C)(C)C)CCC1Br. The first kappa shape index (κ1) is 13.5. The fourth-order valence-corrected chi connectivity index (χ4v) is 3.56. The average molecular weight is 275 g/mol. The minimum Gasteiger partial charge on any atom is -0.0888 e. The van der Waals surface area contributed by atoms with Crippen LogP contribution in [-0.4, -0.2) is 4.83 Å². The van der Waals surface area contributed by atoms with Gasteiger partial charge in [-0.2, -0.15) is 0 Å². The Labute approximate surface area is 104 Å². The highest BCUT2D eigenvalue weighted by atomic mass is 79.9. The van der Waals surface area contributed by atoms with Crippen molar-refractivity contribution < 1.29 is 0 Å². The molecule has 0 radical (unpaired) electrons. The van der Waals surface area contributed by atoms with Gasteiger partial charge in [-0.25, -0.2) is 0 Å². The first-order chi connectivity index (χ1) is 6.80. The number of hydrogen-bond acceptors (Lipinski definition) is 0. The van der Waals surface area contributed by atoms with Crippen LogP contribution in [0.3, 0.4) is 0 Å². The fourth-order valence-electron chi connectivity index (χ4n) is 2.86. The number of alkyl halides is 1. The van der Waals surface area contributed by atoms with E-state index < -0.39 is 0 Å². The highest BCUT2D eigenvalue weighted by Crippen LogP contribution is 2.44. The summed E-state index contributed by atoms with van der Waals surface area (Å²) < 4.78 is 0. The Morgan fingerprint density at radius 1 is 1.20 bits per heavy atom. The van der Waals surface area contributed by atoms with Gasteiger partial charge < -0.3 is 0 Å². The zero-order chi connectivity index (χ0) is 11.6. The summed E-state index contributed by atoms with van der Waals surface area (Å²) in [5.41, 5.74) is 0.502. The first-order valence-corrected chi connectivity index (χ1v) is 7.36. The van der Waals surface area contributed by atoms with Crippen LogP contribution >= 0.6 is 15.9 Å². The molecule has 0 heterocycles. The van der Waals surface area contributed by atoms with E-state index in [9.17, 15) is 0 Å². The van der Waals surface area contributed by atoms with Crippen LogP contribution in [0.1, 0.15) is 60.3 Å². The van der Waals surface area contributed by atoms with Gasteiger partial charge >= 0.3 is 0 Å². The van der Waals surface area contributed by atoms with Gasteiger partial charge in [0.05, 0.1) is 0 Å². The molecule has 1 aliphatic carbocycles. The summed E-state index contributed by atoms with van der Waals surface area (Å²) in [5.74, 6) is 2.67. The van der Waals surface area contributed by atoms with E-state index in [2.05, 4.69) is 50.5 Å². The topological polar surface area (TPSA) is 0 Å². The molecular weight excluding hydrogens is 248 g/mol. The summed E-state index contributed by atoms with van der Waals surface area (Å²) in [4.78, 5) is 0.776. The lowest BCUT2D eigenvalue weighted by molar-refractivity contribution is 0.137. The summed E-state index contributed by atoms with van der Waals surface area (Å²) in [5, 5.41) is 0. The molecule has 90 valence electrons. The Bertz CT molecular complexity index is 190. The van der Waals surface area contributed by atoms with E-state index in [0.29, 0.717) is 5.41 Å². The molecule has 0 nitrogen and oxygen atoms in total. The smallest absolute Gasteiger partial charge is 0.0174 e. The van der Waals surface area contributed by atoms with Gasteiger partial charge in [0.15, 0.2) is 0 Å². The van der Waals surface area contributed by atoms with Crippen molar-refractivity contribution in [2.45, 2.75) is 65.1 Å². The molecule has 15 heavy (non-hydrogen) atoms. The molecule has 1 aliphatic rings. The Morgan fingerprint density at radius 3 is 2.27 bits per heavy atom. The lowest BCUT2D eigenvalue weighted by Crippen LogP contribution is -2.32. The molecule has 0 aliphatic heterocycles. The second-order valence-electron chi connectivity index (χ2n) is 6.78. The molecule has 0 aromatic heterocycles. The van der Waals surface area contributed by atoms with Crippen LogP contribution in [0.15, 0.2) is 0 Å². The summed E-state index contributed by atoms with van der Waals surface area (Å²) in [6, 6.07) is 0. The lowest BCUT2D eigenvalue weighted by atomic mass is 9.68. The third-order valence-corrected chi connectivity index (χ3v) is 5.09. The second-order valence-corrected chi connectivity index (χ2v) is 7.96. The predicted molar refractivity (Wildman–Crippen MR) is 72.5 cm³/mol. The maximum atomic E-state index is 3.88. The summed E-state index contributed by atoms with van der Waals surface area (Å²) in [7, 11) is 0. The molecular formula is C14H27Br. The number of halogens is 1. The predicted octanol–water partition coefficient (Wildman–Crippen LogP) is 5.26. The quantitative estimate of drug-likeness (QED) is 0.603. The zero-order valence-corrected chi connectivity index (χ0v) is 12.6. The van der Waals surface area contributed by atoms with Crippen LogP contribution in [-0.2, 0) is 0 Å². The fraction of sp³-hybridized carbons (Fsp3) is 1.00. The Morgan fingerprint density at radius 2 is 1.80 bits per heavy atom. The Hall–Kier alpha value is 0.480. The molecule has 0 spiro atoms. The van der Waals surface area contributed by atoms with Crippen molar-refractivity contribution in [2.24, 2.45) is 23.2 Å². The van der Waals surface area contributed by atoms with Gasteiger partial charge in [-0.3, -0.25) is 0 Å². The van der Waals surface area contributed by atoms with Crippen LogP contribution in [0, 0.1) is 23.2 Å². The molecule has 1 rings (SSSR count). The molecule has 0 N–H and O–H groups in total. The van der Waals surface area contributed by atoms with Gasteiger partial charge in [0.2, 0.25) is 0 Å². The molecule has 0 bridgehead atoms. The third kappa shape index (κ3) is 4.09. The average Bonchev–Trinajstić information content (AvgIpc) is 2.06. The molecule has 1 saturated carbocycles. The third-order valence-electron chi connectivity index (χ3n) is 3.89. The second kappa shape index (κ2) is 5.21. The molecule has 0 aromatic rings. The highest BCUT2D eigenvalue weighted by Gasteiger charge is 2.34. The molecule has 0 aromatic carbocycles. The van der Waals surface area contributed by atoms with E-state index in [4.69, 9.17) is 0 Å². The first-order valence-electron chi connectivity index (χ1n) is 6.44. The number of rotatable bonds is 2. The molecule has 3 unspecified atom stereocenters. The molecule has 1 heteroatoms. The monoisotopic (exact) mass is 274 g/mol. The van der Waals surface area contributed by atoms with E-state index in [1.807, 2.05) is 0 Å². The normalized spacial score (nSPS) is 33.4. The van der Waals surface area contributed by atoms with Crippen LogP contribution < -0.4 is 0 Å². The van der Waals surface area contributed by atoms with E-state index in [-0.39, 0.29) is 0 Å². The van der Waals surface area contributed by atoms with Crippen molar-refractivity contribution in [2.75, 3.05) is 0 Å². The summed E-state index contributed by atoms with van der Waals surface area (Å²) in [6.45, 7) is 11.9. The molecule has 0 amide bonds. The van der Waals surface area contributed by atoms with E-state index in [1.54, 1.807) is 0 Å². The summed E-state index contributed by atoms with van der Waals surface area (Å²) >= 11 is 3.88. The van der Waals surface area contributed by atoms with Gasteiger partial charge in [0.1, 0.15) is 0 Å². The van der Waals surface area contributed by atoms with Crippen LogP contribution in [0.2, 0.25) is 0 Å². The van der Waals surface area contributed by atoms with Gasteiger partial charge in [-0.15, -0.1) is 0 Å². The minimum atomic E-state index is 0.502. The van der Waals surface area contributed by atoms with Crippen LogP contribution in [0.25, 0.3) is 0 Å². The van der Waals surface area contributed by atoms with Gasteiger partial charge in [0.25, 0.3) is 0 Å². The van der Waals surface area contributed by atoms with Gasteiger partial charge in [-0.05, 0) is 48.9 Å². The van der Waals surface area contributed by atoms with Crippen molar-refractivity contribution in [3.05, 3.63) is 0 Å². The van der Waals surface area contributed by atoms with Crippen molar-refractivity contribution in [1.29, 1.82) is 0 Å². The summed E-state index contributed by atoms with van der Waals surface area (Å²) in [6.07, 6.45) is 5.60. The maximum Gasteiger partial charge on any atom is 0.0174 e. The number of hydrogen-bond donors (Lipinski definition) is 0. The zero-order valence-electron chi connectivity index (χ0n) is 11.0. The van der Waals surface area contributed by atoms with E-state index in [0.717, 1.165) is 22.6 Å². The highest BCUT2D eigenvalue weighted by molar-refractivity contribution is 9.09. The molecule has 1 fully saturated rings. The van der Waals surface area contributed by atoms with Crippen LogP contribution in [0.5, 0.6) is 0 Å². The largest absolute Gasteiger partial charge is 0.0888 e. The Balaban J connectivity index is 2.56. The van der Waals surface area contributed by atoms with Crippen molar-refractivity contribution in [1.82, 2.24) is 0 Å². The molecule has 3 atom stereocenters. The van der Waals surface area contributed by atoms with Crippen molar-refractivity contribution in [3.8, 4) is 0 Å². The van der Waals surface area contributed by atoms with E-state index in [1.165, 1.54) is 25.7 Å². The van der Waals surface area contributed by atoms with Gasteiger partial charge in [-0.1, -0.05) is 50.5 Å². The molecule has 0 saturated heterocycles. The lowest BCUT2D eigenvalue weighted by Gasteiger charge is -2.40. The van der Waals surface area contributed by atoms with Gasteiger partial charge in [0, 0.05) is 4.83 Å². The van der Waals surface area contributed by atoms with Crippen molar-refractivity contribution in [3.63, 3.8) is 0 Å². The minimum absolute atomic E-state index is 0.502. The van der Waals surface area contributed by atoms with E-state index >= 15 is 0 Å².